The highest BCUT2D eigenvalue weighted by atomic mass is 79.9. The Balaban J connectivity index is 1.92. The average molecular weight is 574 g/mol. The molecule has 0 saturated heterocycles. The Bertz CT molecular complexity index is 939. The van der Waals surface area contributed by atoms with E-state index in [-0.39, 0.29) is 11.7 Å². The highest BCUT2D eigenvalue weighted by Crippen LogP contribution is 2.24. The van der Waals surface area contributed by atoms with Gasteiger partial charge in [-0.05, 0) is 47.5 Å². The molecule has 0 aliphatic rings. The molecule has 0 spiro atoms. The van der Waals surface area contributed by atoms with Crippen LogP contribution in [0.2, 0.25) is 0 Å². The summed E-state index contributed by atoms with van der Waals surface area (Å²) in [6.45, 7) is 6.65. The molecule has 1 N–H and O–H groups in total. The molecule has 2 heterocycles. The number of H-pyrrole nitrogens is 1. The number of unbranched alkanes of at least 4 members (excludes halogenated alkanes) is 10. The van der Waals surface area contributed by atoms with Crippen LogP contribution in [-0.2, 0) is 22.7 Å². The number of nitrogens with one attached hydrogen (secondary N) is 1. The van der Waals surface area contributed by atoms with E-state index in [1.165, 1.54) is 64.2 Å². The minimum atomic E-state index is -3.15. The summed E-state index contributed by atoms with van der Waals surface area (Å²) in [5.74, 6) is 1.43. The first kappa shape index (κ1) is 30.3. The number of hydrogen-bond acceptors (Lipinski definition) is 4. The molecule has 2 aromatic heterocycles. The molecule has 0 radical (unpaired) electrons. The van der Waals surface area contributed by atoms with E-state index < -0.39 is 9.84 Å². The summed E-state index contributed by atoms with van der Waals surface area (Å²) < 4.78 is 29.0. The van der Waals surface area contributed by atoms with E-state index in [4.69, 9.17) is 0 Å². The maximum absolute atomic E-state index is 13.1. The van der Waals surface area contributed by atoms with Crippen LogP contribution >= 0.6 is 15.9 Å². The van der Waals surface area contributed by atoms with Gasteiger partial charge in [-0.25, -0.2) is 12.9 Å². The van der Waals surface area contributed by atoms with Crippen molar-refractivity contribution in [1.29, 1.82) is 0 Å². The first-order chi connectivity index (χ1) is 16.9. The van der Waals surface area contributed by atoms with E-state index in [2.05, 4.69) is 52.0 Å². The molecule has 0 saturated carbocycles. The first-order valence-corrected chi connectivity index (χ1v) is 16.8. The van der Waals surface area contributed by atoms with Crippen molar-refractivity contribution in [3.8, 4) is 0 Å². The van der Waals surface area contributed by atoms with Crippen LogP contribution < -0.4 is 0 Å². The van der Waals surface area contributed by atoms with Crippen LogP contribution in [0.1, 0.15) is 129 Å². The van der Waals surface area contributed by atoms with Crippen LogP contribution in [0, 0.1) is 5.92 Å². The Morgan fingerprint density at radius 2 is 1.37 bits per heavy atom. The topological polar surface area (TPSA) is 80.1 Å². The number of hydrogen-bond donors (Lipinski definition) is 1. The van der Waals surface area contributed by atoms with Gasteiger partial charge >= 0.3 is 0 Å². The van der Waals surface area contributed by atoms with Crippen molar-refractivity contribution in [3.05, 3.63) is 16.0 Å². The second-order valence-electron chi connectivity index (χ2n) is 10.3. The maximum atomic E-state index is 13.1. The van der Waals surface area contributed by atoms with Crippen molar-refractivity contribution in [2.75, 3.05) is 11.5 Å². The molecule has 202 valence electrons. The van der Waals surface area contributed by atoms with Gasteiger partial charge in [-0.15, -0.1) is 10.2 Å². The lowest BCUT2D eigenvalue weighted by Crippen LogP contribution is -2.21. The SMILES string of the molecule is CCCCCCCCC(CCCCCC)CS(=O)(=O)CCc1nnc2c(Br)c(CCCCC)[nH]n12. The van der Waals surface area contributed by atoms with Gasteiger partial charge < -0.3 is 0 Å². The zero-order chi connectivity index (χ0) is 25.5. The third-order valence-corrected chi connectivity index (χ3v) is 9.67. The van der Waals surface area contributed by atoms with E-state index in [0.29, 0.717) is 18.0 Å². The monoisotopic (exact) mass is 572 g/mol. The Hall–Kier alpha value is -0.890. The fourth-order valence-corrected chi connectivity index (χ4v) is 7.10. The molecule has 0 aliphatic carbocycles. The van der Waals surface area contributed by atoms with E-state index in [1.54, 1.807) is 0 Å². The van der Waals surface area contributed by atoms with Crippen LogP contribution in [-0.4, -0.2) is 39.7 Å². The first-order valence-electron chi connectivity index (χ1n) is 14.2. The van der Waals surface area contributed by atoms with Gasteiger partial charge in [-0.2, -0.15) is 0 Å². The number of halogens is 1. The number of nitrogens with zero attached hydrogens (tertiary/aromatic N) is 3. The van der Waals surface area contributed by atoms with Crippen LogP contribution in [0.25, 0.3) is 5.65 Å². The van der Waals surface area contributed by atoms with Crippen LogP contribution in [0.4, 0.5) is 0 Å². The van der Waals surface area contributed by atoms with E-state index in [1.807, 2.05) is 4.52 Å². The molecule has 2 rings (SSSR count). The van der Waals surface area contributed by atoms with Crippen LogP contribution in [0.5, 0.6) is 0 Å². The molecule has 6 nitrogen and oxygen atoms in total. The van der Waals surface area contributed by atoms with Crippen molar-refractivity contribution in [2.45, 2.75) is 130 Å². The summed E-state index contributed by atoms with van der Waals surface area (Å²) in [4.78, 5) is 0. The molecule has 0 aromatic carbocycles. The van der Waals surface area contributed by atoms with Crippen molar-refractivity contribution < 1.29 is 8.42 Å². The van der Waals surface area contributed by atoms with Gasteiger partial charge in [0.1, 0.15) is 0 Å². The van der Waals surface area contributed by atoms with Gasteiger partial charge in [0.2, 0.25) is 0 Å². The zero-order valence-electron chi connectivity index (χ0n) is 22.5. The average Bonchev–Trinajstić information content (AvgIpc) is 3.37. The van der Waals surface area contributed by atoms with Crippen LogP contribution in [0.15, 0.2) is 4.47 Å². The summed E-state index contributed by atoms with van der Waals surface area (Å²) >= 11 is 3.65. The standard InChI is InChI=1S/C27H49BrN4O2S/c1-4-7-10-12-13-16-18-23(17-15-11-8-5-2)22-35(33,34)21-20-25-29-30-27-26(28)24(31-32(25)27)19-14-9-6-3/h23,31H,4-22H2,1-3H3. The fraction of sp³-hybridized carbons (Fsp3) is 0.852. The third kappa shape index (κ3) is 10.9. The minimum Gasteiger partial charge on any atom is -0.294 e. The summed E-state index contributed by atoms with van der Waals surface area (Å²) in [5.41, 5.74) is 1.86. The Kier molecular flexibility index (Phi) is 14.5. The van der Waals surface area contributed by atoms with Gasteiger partial charge in [-0.3, -0.25) is 5.10 Å². The fourth-order valence-electron chi connectivity index (χ4n) is 4.85. The summed E-state index contributed by atoms with van der Waals surface area (Å²) in [6, 6.07) is 0. The van der Waals surface area contributed by atoms with Gasteiger partial charge in [0.15, 0.2) is 21.3 Å². The highest BCUT2D eigenvalue weighted by Gasteiger charge is 2.21. The Labute approximate surface area is 222 Å². The van der Waals surface area contributed by atoms with E-state index >= 15 is 0 Å². The van der Waals surface area contributed by atoms with Gasteiger partial charge in [-0.1, -0.05) is 97.8 Å². The smallest absolute Gasteiger partial charge is 0.191 e. The predicted molar refractivity (Wildman–Crippen MR) is 151 cm³/mol. The number of aryl methyl sites for hydroxylation is 2. The van der Waals surface area contributed by atoms with Gasteiger partial charge in [0.05, 0.1) is 21.7 Å². The molecule has 0 bridgehead atoms. The number of aromatic nitrogens is 4. The normalized spacial score (nSPS) is 13.1. The predicted octanol–water partition coefficient (Wildman–Crippen LogP) is 7.85. The van der Waals surface area contributed by atoms with E-state index in [0.717, 1.165) is 54.3 Å². The largest absolute Gasteiger partial charge is 0.294 e. The van der Waals surface area contributed by atoms with Crippen molar-refractivity contribution in [1.82, 2.24) is 19.8 Å². The highest BCUT2D eigenvalue weighted by molar-refractivity contribution is 9.10. The molecule has 2 aromatic rings. The molecule has 0 fully saturated rings. The second kappa shape index (κ2) is 16.8. The number of sulfone groups is 1. The lowest BCUT2D eigenvalue weighted by atomic mass is 9.96. The molecular weight excluding hydrogens is 524 g/mol. The summed E-state index contributed by atoms with van der Waals surface area (Å²) in [6.07, 6.45) is 19.2. The summed E-state index contributed by atoms with van der Waals surface area (Å²) in [5, 5.41) is 12.0. The minimum absolute atomic E-state index is 0.136. The van der Waals surface area contributed by atoms with Crippen molar-refractivity contribution in [2.24, 2.45) is 5.92 Å². The molecule has 1 unspecified atom stereocenters. The summed E-state index contributed by atoms with van der Waals surface area (Å²) in [7, 11) is -3.15. The zero-order valence-corrected chi connectivity index (χ0v) is 24.9. The lowest BCUT2D eigenvalue weighted by Gasteiger charge is -2.17. The second-order valence-corrected chi connectivity index (χ2v) is 13.3. The lowest BCUT2D eigenvalue weighted by molar-refractivity contribution is 0.431. The van der Waals surface area contributed by atoms with Crippen LogP contribution in [0.3, 0.4) is 0 Å². The molecular formula is C27H49BrN4O2S. The molecule has 8 heteroatoms. The molecule has 0 amide bonds. The maximum Gasteiger partial charge on any atom is 0.191 e. The third-order valence-electron chi connectivity index (χ3n) is 7.03. The molecule has 1 atom stereocenters. The number of rotatable bonds is 21. The van der Waals surface area contributed by atoms with E-state index in [9.17, 15) is 8.42 Å². The van der Waals surface area contributed by atoms with Gasteiger partial charge in [0.25, 0.3) is 0 Å². The number of aromatic amines is 1. The Morgan fingerprint density at radius 3 is 2.03 bits per heavy atom. The van der Waals surface area contributed by atoms with Crippen molar-refractivity contribution in [3.63, 3.8) is 0 Å². The quantitative estimate of drug-likeness (QED) is 0.154. The Morgan fingerprint density at radius 1 is 0.800 bits per heavy atom. The van der Waals surface area contributed by atoms with Crippen molar-refractivity contribution >= 4 is 31.4 Å². The molecule has 0 aliphatic heterocycles. The number of fused-ring (bicyclic) bond motifs is 1. The van der Waals surface area contributed by atoms with Gasteiger partial charge in [0, 0.05) is 6.42 Å². The molecule has 35 heavy (non-hydrogen) atoms.